The number of carbonyl (C=O) groups is 2. The van der Waals surface area contributed by atoms with Crippen molar-refractivity contribution in [2.75, 3.05) is 11.9 Å². The minimum absolute atomic E-state index is 0.00436. The van der Waals surface area contributed by atoms with Crippen LogP contribution in [-0.4, -0.2) is 55.9 Å². The van der Waals surface area contributed by atoms with Crippen molar-refractivity contribution in [3.05, 3.63) is 16.3 Å². The fourth-order valence-corrected chi connectivity index (χ4v) is 5.44. The Bertz CT molecular complexity index is 966. The number of hydrogen-bond acceptors (Lipinski definition) is 7. The molecule has 0 radical (unpaired) electrons. The van der Waals surface area contributed by atoms with Crippen molar-refractivity contribution in [3.8, 4) is 11.5 Å². The van der Waals surface area contributed by atoms with Crippen molar-refractivity contribution < 1.29 is 24.3 Å². The predicted octanol–water partition coefficient (Wildman–Crippen LogP) is 2.61. The van der Waals surface area contributed by atoms with Crippen LogP contribution in [0.1, 0.15) is 54.3 Å². The Morgan fingerprint density at radius 3 is 2.79 bits per heavy atom. The molecule has 0 spiro atoms. The highest BCUT2D eigenvalue weighted by Crippen LogP contribution is 2.45. The van der Waals surface area contributed by atoms with Crippen LogP contribution in [0.4, 0.5) is 9.80 Å². The first kappa shape index (κ1) is 18.6. The monoisotopic (exact) mass is 418 g/mol. The highest BCUT2D eigenvalue weighted by molar-refractivity contribution is 7.17. The van der Waals surface area contributed by atoms with Crippen LogP contribution in [0.15, 0.2) is 4.52 Å². The molecular weight excluding hydrogens is 396 g/mol. The molecule has 3 N–H and O–H groups in total. The SMILES string of the molecule is O=C(O)[C@H]1C[C@H](O)CN1C(=O)Nc1sc2c(c1-c1nc(C3CC3)no1)CCCC2. The number of carboxylic acids is 1. The van der Waals surface area contributed by atoms with Crippen LogP contribution >= 0.6 is 11.3 Å². The molecule has 154 valence electrons. The van der Waals surface area contributed by atoms with Gasteiger partial charge < -0.3 is 19.6 Å². The molecule has 2 fully saturated rings. The van der Waals surface area contributed by atoms with Gasteiger partial charge >= 0.3 is 12.0 Å². The summed E-state index contributed by atoms with van der Waals surface area (Å²) in [4.78, 5) is 31.3. The molecule has 29 heavy (non-hydrogen) atoms. The standard InChI is InChI=1S/C19H22N4O5S/c24-10-7-12(18(25)26)23(8-10)19(27)21-17-14(11-3-1-2-4-13(11)29-17)16-20-15(22-28-16)9-5-6-9/h9-10,12,24H,1-8H2,(H,21,27)(H,25,26)/t10-,12+/m0/s1. The number of nitrogens with one attached hydrogen (secondary N) is 1. The summed E-state index contributed by atoms with van der Waals surface area (Å²) < 4.78 is 5.55. The van der Waals surface area contributed by atoms with Gasteiger partial charge in [-0.2, -0.15) is 4.98 Å². The normalized spacial score (nSPS) is 23.8. The number of anilines is 1. The van der Waals surface area contributed by atoms with Gasteiger partial charge in [-0.15, -0.1) is 11.3 Å². The molecule has 3 heterocycles. The molecule has 2 atom stereocenters. The first-order valence-electron chi connectivity index (χ1n) is 9.98. The zero-order valence-corrected chi connectivity index (χ0v) is 16.6. The summed E-state index contributed by atoms with van der Waals surface area (Å²) in [5.74, 6) is 0.371. The van der Waals surface area contributed by atoms with Gasteiger partial charge in [0.15, 0.2) is 5.82 Å². The lowest BCUT2D eigenvalue weighted by Gasteiger charge is -2.21. The van der Waals surface area contributed by atoms with Crippen LogP contribution in [0.3, 0.4) is 0 Å². The molecule has 2 aliphatic carbocycles. The third-order valence-electron chi connectivity index (χ3n) is 5.81. The Hall–Kier alpha value is -2.46. The summed E-state index contributed by atoms with van der Waals surface area (Å²) in [7, 11) is 0. The van der Waals surface area contributed by atoms with Gasteiger partial charge in [0.25, 0.3) is 5.89 Å². The van der Waals surface area contributed by atoms with Gasteiger partial charge in [0.2, 0.25) is 0 Å². The average Bonchev–Trinajstić information content (AvgIpc) is 3.12. The van der Waals surface area contributed by atoms with Crippen molar-refractivity contribution in [1.29, 1.82) is 0 Å². The Morgan fingerprint density at radius 2 is 2.03 bits per heavy atom. The summed E-state index contributed by atoms with van der Waals surface area (Å²) in [5.41, 5.74) is 1.91. The maximum absolute atomic E-state index is 12.9. The molecule has 0 bridgehead atoms. The van der Waals surface area contributed by atoms with E-state index >= 15 is 0 Å². The highest BCUT2D eigenvalue weighted by Gasteiger charge is 2.40. The minimum atomic E-state index is -1.12. The highest BCUT2D eigenvalue weighted by atomic mass is 32.1. The van der Waals surface area contributed by atoms with Gasteiger partial charge in [0, 0.05) is 23.8 Å². The second-order valence-electron chi connectivity index (χ2n) is 7.97. The van der Waals surface area contributed by atoms with Gasteiger partial charge in [-0.1, -0.05) is 5.16 Å². The van der Waals surface area contributed by atoms with Crippen LogP contribution in [0.2, 0.25) is 0 Å². The van der Waals surface area contributed by atoms with Gasteiger partial charge in [-0.05, 0) is 44.1 Å². The van der Waals surface area contributed by atoms with Crippen LogP contribution < -0.4 is 5.32 Å². The summed E-state index contributed by atoms with van der Waals surface area (Å²) in [6.07, 6.45) is 5.31. The first-order chi connectivity index (χ1) is 14.0. The molecule has 2 amide bonds. The number of aliphatic hydroxyl groups excluding tert-OH is 1. The molecule has 9 nitrogen and oxygen atoms in total. The quantitative estimate of drug-likeness (QED) is 0.696. The van der Waals surface area contributed by atoms with Gasteiger partial charge in [-0.25, -0.2) is 9.59 Å². The van der Waals surface area contributed by atoms with Crippen LogP contribution in [-0.2, 0) is 17.6 Å². The van der Waals surface area contributed by atoms with Crippen molar-refractivity contribution in [3.63, 3.8) is 0 Å². The molecule has 10 heteroatoms. The van der Waals surface area contributed by atoms with Gasteiger partial charge in [0.05, 0.1) is 11.7 Å². The van der Waals surface area contributed by atoms with Crippen molar-refractivity contribution >= 4 is 28.3 Å². The predicted molar refractivity (Wildman–Crippen MR) is 104 cm³/mol. The van der Waals surface area contributed by atoms with E-state index in [9.17, 15) is 19.8 Å². The number of aliphatic hydroxyl groups is 1. The van der Waals surface area contributed by atoms with Crippen molar-refractivity contribution in [2.24, 2.45) is 0 Å². The first-order valence-corrected chi connectivity index (χ1v) is 10.8. The molecule has 0 unspecified atom stereocenters. The van der Waals surface area contributed by atoms with Crippen LogP contribution in [0.5, 0.6) is 0 Å². The molecule has 1 saturated carbocycles. The van der Waals surface area contributed by atoms with E-state index in [1.807, 2.05) is 0 Å². The van der Waals surface area contributed by atoms with E-state index in [0.717, 1.165) is 49.7 Å². The van der Waals surface area contributed by atoms with Gasteiger partial charge in [0.1, 0.15) is 11.0 Å². The number of carbonyl (C=O) groups excluding carboxylic acids is 1. The number of urea groups is 1. The summed E-state index contributed by atoms with van der Waals surface area (Å²) in [5, 5.41) is 26.8. The molecular formula is C19H22N4O5S. The topological polar surface area (TPSA) is 129 Å². The number of aromatic nitrogens is 2. The Morgan fingerprint density at radius 1 is 1.24 bits per heavy atom. The van der Waals surface area contributed by atoms with Crippen molar-refractivity contribution in [1.82, 2.24) is 15.0 Å². The smallest absolute Gasteiger partial charge is 0.326 e. The van der Waals surface area contributed by atoms with E-state index in [1.54, 1.807) is 0 Å². The van der Waals surface area contributed by atoms with Crippen molar-refractivity contribution in [2.45, 2.75) is 63.0 Å². The second kappa shape index (κ2) is 7.10. The van der Waals surface area contributed by atoms with Crippen LogP contribution in [0, 0.1) is 0 Å². The van der Waals surface area contributed by atoms with E-state index in [4.69, 9.17) is 4.52 Å². The number of aliphatic carboxylic acids is 1. The van der Waals surface area contributed by atoms with E-state index < -0.39 is 24.1 Å². The minimum Gasteiger partial charge on any atom is -0.480 e. The maximum atomic E-state index is 12.9. The van der Waals surface area contributed by atoms with Gasteiger partial charge in [-0.3, -0.25) is 5.32 Å². The number of fused-ring (bicyclic) bond motifs is 1. The fourth-order valence-electron chi connectivity index (χ4n) is 4.17. The molecule has 5 rings (SSSR count). The Kier molecular flexibility index (Phi) is 4.54. The number of carboxylic acid groups (broad SMARTS) is 1. The number of likely N-dealkylation sites (tertiary alicyclic amines) is 1. The summed E-state index contributed by atoms with van der Waals surface area (Å²) in [6.45, 7) is -0.00436. The summed E-state index contributed by atoms with van der Waals surface area (Å²) >= 11 is 1.49. The van der Waals surface area contributed by atoms with E-state index in [1.165, 1.54) is 21.1 Å². The lowest BCUT2D eigenvalue weighted by atomic mass is 9.95. The summed E-state index contributed by atoms with van der Waals surface area (Å²) in [6, 6.07) is -1.57. The molecule has 3 aliphatic rings. The number of nitrogens with zero attached hydrogens (tertiary/aromatic N) is 3. The Labute approximate surface area is 170 Å². The number of thiophene rings is 1. The number of hydrogen-bond donors (Lipinski definition) is 3. The molecule has 2 aromatic rings. The molecule has 1 saturated heterocycles. The largest absolute Gasteiger partial charge is 0.480 e. The number of aryl methyl sites for hydroxylation is 1. The van der Waals surface area contributed by atoms with E-state index in [2.05, 4.69) is 15.5 Å². The van der Waals surface area contributed by atoms with Crippen LogP contribution in [0.25, 0.3) is 11.5 Å². The number of rotatable bonds is 4. The molecule has 2 aromatic heterocycles. The van der Waals surface area contributed by atoms with E-state index in [0.29, 0.717) is 22.6 Å². The van der Waals surface area contributed by atoms with E-state index in [-0.39, 0.29) is 13.0 Å². The molecule has 1 aliphatic heterocycles. The zero-order chi connectivity index (χ0) is 20.1. The second-order valence-corrected chi connectivity index (χ2v) is 9.08. The average molecular weight is 418 g/mol. The lowest BCUT2D eigenvalue weighted by Crippen LogP contribution is -2.43. The number of β-amino-alcohol motifs (C(OH)–C–C–N with tert-alkyl or cyclic N) is 1. The third-order valence-corrected chi connectivity index (χ3v) is 7.02. The Balaban J connectivity index is 1.47. The number of amides is 2. The lowest BCUT2D eigenvalue weighted by molar-refractivity contribution is -0.141. The third kappa shape index (κ3) is 3.40. The fraction of sp³-hybridized carbons (Fsp3) is 0.579. The maximum Gasteiger partial charge on any atom is 0.326 e. The molecule has 0 aromatic carbocycles. The zero-order valence-electron chi connectivity index (χ0n) is 15.8.